The van der Waals surface area contributed by atoms with Crippen LogP contribution in [-0.2, 0) is 16.0 Å². The molecule has 130 valence electrons. The number of nitrogens with two attached hydrogens (primary N) is 1. The Morgan fingerprint density at radius 2 is 1.88 bits per heavy atom. The molecule has 0 aromatic heterocycles. The number of benzene rings is 1. The number of carboxylic acid groups (broad SMARTS) is 1. The zero-order chi connectivity index (χ0) is 17.7. The van der Waals surface area contributed by atoms with Gasteiger partial charge in [0.2, 0.25) is 5.91 Å². The third kappa shape index (κ3) is 3.89. The van der Waals surface area contributed by atoms with E-state index in [9.17, 15) is 14.7 Å². The number of amides is 1. The van der Waals surface area contributed by atoms with Crippen LogP contribution >= 0.6 is 15.9 Å². The van der Waals surface area contributed by atoms with Crippen molar-refractivity contribution in [2.24, 2.45) is 11.1 Å². The summed E-state index contributed by atoms with van der Waals surface area (Å²) in [5.41, 5.74) is 6.94. The Labute approximate surface area is 151 Å². The maximum Gasteiger partial charge on any atom is 0.331 e. The van der Waals surface area contributed by atoms with E-state index in [1.54, 1.807) is 0 Å². The number of hydrogen-bond donors (Lipinski definition) is 2. The molecule has 0 heterocycles. The van der Waals surface area contributed by atoms with Crippen molar-refractivity contribution in [1.29, 1.82) is 0 Å². The Kier molecular flexibility index (Phi) is 6.21. The van der Waals surface area contributed by atoms with E-state index in [-0.39, 0.29) is 5.91 Å². The number of halogens is 1. The van der Waals surface area contributed by atoms with Crippen LogP contribution in [0.4, 0.5) is 0 Å². The smallest absolute Gasteiger partial charge is 0.331 e. The number of primary amides is 1. The second-order valence-electron chi connectivity index (χ2n) is 6.47. The molecule has 1 aliphatic rings. The molecule has 24 heavy (non-hydrogen) atoms. The molecule has 2 rings (SSSR count). The predicted molar refractivity (Wildman–Crippen MR) is 97.5 cm³/mol. The molecule has 3 N–H and O–H groups in total. The van der Waals surface area contributed by atoms with E-state index in [0.29, 0.717) is 31.3 Å². The summed E-state index contributed by atoms with van der Waals surface area (Å²) in [5, 5.41) is 9.80. The van der Waals surface area contributed by atoms with Gasteiger partial charge in [0.15, 0.2) is 0 Å². The van der Waals surface area contributed by atoms with E-state index in [4.69, 9.17) is 5.73 Å². The molecule has 1 aromatic rings. The van der Waals surface area contributed by atoms with E-state index in [2.05, 4.69) is 22.9 Å². The molecule has 0 unspecified atom stereocenters. The molecule has 1 aliphatic carbocycles. The van der Waals surface area contributed by atoms with Gasteiger partial charge in [0.1, 0.15) is 0 Å². The Balaban J connectivity index is 2.46. The molecular formula is C19H24BrNO3. The number of hydrogen-bond acceptors (Lipinski definition) is 2. The minimum absolute atomic E-state index is 0.316. The number of carbonyl (C=O) groups is 2. The highest BCUT2D eigenvalue weighted by Gasteiger charge is 2.47. The Morgan fingerprint density at radius 1 is 1.25 bits per heavy atom. The van der Waals surface area contributed by atoms with E-state index >= 15 is 0 Å². The zero-order valence-corrected chi connectivity index (χ0v) is 15.6. The summed E-state index contributed by atoms with van der Waals surface area (Å²) in [4.78, 5) is 24.1. The topological polar surface area (TPSA) is 80.4 Å². The van der Waals surface area contributed by atoms with Crippen LogP contribution in [0.1, 0.15) is 51.0 Å². The fourth-order valence-corrected chi connectivity index (χ4v) is 3.64. The fourth-order valence-electron chi connectivity index (χ4n) is 3.38. The average molecular weight is 394 g/mol. The molecule has 5 heteroatoms. The first-order valence-electron chi connectivity index (χ1n) is 8.41. The molecule has 1 amide bonds. The first-order valence-corrected chi connectivity index (χ1v) is 9.20. The van der Waals surface area contributed by atoms with Gasteiger partial charge < -0.3 is 10.8 Å². The second-order valence-corrected chi connectivity index (χ2v) is 7.38. The minimum Gasteiger partial charge on any atom is -0.478 e. The number of rotatable bonds is 8. The Bertz CT molecular complexity index is 645. The molecule has 0 spiro atoms. The lowest BCUT2D eigenvalue weighted by molar-refractivity contribution is -0.133. The standard InChI is InChI=1S/C19H24BrNO3/c1-2-3-5-16(19(18(21)24)10-4-11-19)15(17(22)23)12-13-6-8-14(20)9-7-13/h6-9H,2-5,10-12H2,1H3,(H2,21,24)(H,22,23)/b16-15+. The molecule has 0 bridgehead atoms. The summed E-state index contributed by atoms with van der Waals surface area (Å²) >= 11 is 3.39. The van der Waals surface area contributed by atoms with Crippen LogP contribution in [0, 0.1) is 5.41 Å². The average Bonchev–Trinajstić information content (AvgIpc) is 2.48. The van der Waals surface area contributed by atoms with Crippen molar-refractivity contribution in [1.82, 2.24) is 0 Å². The van der Waals surface area contributed by atoms with Crippen molar-refractivity contribution >= 4 is 27.8 Å². The predicted octanol–water partition coefficient (Wildman–Crippen LogP) is 4.22. The van der Waals surface area contributed by atoms with Crippen LogP contribution in [0.25, 0.3) is 0 Å². The summed E-state index contributed by atoms with van der Waals surface area (Å²) in [5.74, 6) is -1.33. The van der Waals surface area contributed by atoms with Crippen molar-refractivity contribution in [2.75, 3.05) is 0 Å². The lowest BCUT2D eigenvalue weighted by Crippen LogP contribution is -2.45. The lowest BCUT2D eigenvalue weighted by atomic mass is 9.61. The van der Waals surface area contributed by atoms with Crippen molar-refractivity contribution < 1.29 is 14.7 Å². The molecule has 1 saturated carbocycles. The van der Waals surface area contributed by atoms with Crippen LogP contribution in [-0.4, -0.2) is 17.0 Å². The highest BCUT2D eigenvalue weighted by Crippen LogP contribution is 2.50. The van der Waals surface area contributed by atoms with Crippen LogP contribution in [0.3, 0.4) is 0 Å². The fraction of sp³-hybridized carbons (Fsp3) is 0.474. The van der Waals surface area contributed by atoms with Crippen LogP contribution in [0.15, 0.2) is 39.9 Å². The first-order chi connectivity index (χ1) is 11.4. The van der Waals surface area contributed by atoms with Gasteiger partial charge >= 0.3 is 5.97 Å². The monoisotopic (exact) mass is 393 g/mol. The maximum atomic E-state index is 12.1. The molecule has 0 atom stereocenters. The number of carboxylic acids is 1. The molecule has 0 radical (unpaired) electrons. The minimum atomic E-state index is -0.948. The van der Waals surface area contributed by atoms with E-state index in [1.165, 1.54) is 0 Å². The summed E-state index contributed by atoms with van der Waals surface area (Å²) in [6.45, 7) is 2.06. The van der Waals surface area contributed by atoms with Crippen molar-refractivity contribution in [2.45, 2.75) is 51.9 Å². The molecule has 4 nitrogen and oxygen atoms in total. The van der Waals surface area contributed by atoms with Crippen LogP contribution in [0.2, 0.25) is 0 Å². The zero-order valence-electron chi connectivity index (χ0n) is 14.0. The molecule has 0 saturated heterocycles. The second kappa shape index (κ2) is 7.97. The highest BCUT2D eigenvalue weighted by atomic mass is 79.9. The maximum absolute atomic E-state index is 12.1. The van der Waals surface area contributed by atoms with Crippen molar-refractivity contribution in [3.05, 3.63) is 45.4 Å². The normalized spacial score (nSPS) is 16.9. The lowest BCUT2D eigenvalue weighted by Gasteiger charge is -2.42. The van der Waals surface area contributed by atoms with Gasteiger partial charge in [-0.3, -0.25) is 4.79 Å². The highest BCUT2D eigenvalue weighted by molar-refractivity contribution is 9.10. The third-order valence-corrected chi connectivity index (χ3v) is 5.48. The van der Waals surface area contributed by atoms with Gasteiger partial charge in [-0.25, -0.2) is 4.79 Å². The molecular weight excluding hydrogens is 370 g/mol. The van der Waals surface area contributed by atoms with Gasteiger partial charge in [-0.05, 0) is 49.0 Å². The molecule has 1 aromatic carbocycles. The summed E-state index contributed by atoms with van der Waals surface area (Å²) < 4.78 is 0.950. The van der Waals surface area contributed by atoms with Crippen molar-refractivity contribution in [3.63, 3.8) is 0 Å². The van der Waals surface area contributed by atoms with E-state index < -0.39 is 11.4 Å². The summed E-state index contributed by atoms with van der Waals surface area (Å²) in [6.07, 6.45) is 5.00. The first kappa shape index (κ1) is 18.7. The largest absolute Gasteiger partial charge is 0.478 e. The van der Waals surface area contributed by atoms with Crippen LogP contribution < -0.4 is 5.73 Å². The number of aliphatic carboxylic acids is 1. The van der Waals surface area contributed by atoms with Gasteiger partial charge in [-0.15, -0.1) is 0 Å². The van der Waals surface area contributed by atoms with Gasteiger partial charge in [0.25, 0.3) is 0 Å². The van der Waals surface area contributed by atoms with E-state index in [0.717, 1.165) is 34.9 Å². The number of unbranched alkanes of at least 4 members (excludes halogenated alkanes) is 1. The van der Waals surface area contributed by atoms with Gasteiger partial charge in [0.05, 0.1) is 5.41 Å². The van der Waals surface area contributed by atoms with Gasteiger partial charge in [-0.1, -0.05) is 47.8 Å². The summed E-state index contributed by atoms with van der Waals surface area (Å²) in [7, 11) is 0. The van der Waals surface area contributed by atoms with Crippen LogP contribution in [0.5, 0.6) is 0 Å². The molecule has 0 aliphatic heterocycles. The van der Waals surface area contributed by atoms with Crippen molar-refractivity contribution in [3.8, 4) is 0 Å². The Morgan fingerprint density at radius 3 is 2.29 bits per heavy atom. The third-order valence-electron chi connectivity index (χ3n) is 4.95. The molecule has 1 fully saturated rings. The summed E-state index contributed by atoms with van der Waals surface area (Å²) in [6, 6.07) is 7.60. The SMILES string of the molecule is CCCC/C(=C(/Cc1ccc(Br)cc1)C(=O)O)C1(C(N)=O)CCC1. The van der Waals surface area contributed by atoms with Gasteiger partial charge in [-0.2, -0.15) is 0 Å². The Hall–Kier alpha value is -1.62. The number of carbonyl (C=O) groups excluding carboxylic acids is 1. The van der Waals surface area contributed by atoms with Gasteiger partial charge in [0, 0.05) is 16.5 Å². The van der Waals surface area contributed by atoms with E-state index in [1.807, 2.05) is 24.3 Å². The quantitative estimate of drug-likeness (QED) is 0.648.